The molecule has 136 valence electrons. The van der Waals surface area contributed by atoms with Gasteiger partial charge in [0.15, 0.2) is 0 Å². The van der Waals surface area contributed by atoms with Crippen LogP contribution in [0.3, 0.4) is 0 Å². The summed E-state index contributed by atoms with van der Waals surface area (Å²) in [6, 6.07) is 11.1. The Morgan fingerprint density at radius 1 is 1.15 bits per heavy atom. The fourth-order valence-corrected chi connectivity index (χ4v) is 2.98. The zero-order valence-corrected chi connectivity index (χ0v) is 14.1. The van der Waals surface area contributed by atoms with E-state index >= 15 is 0 Å². The maximum Gasteiger partial charge on any atom is 0.416 e. The number of hydrogen-bond donors (Lipinski definition) is 1. The van der Waals surface area contributed by atoms with Gasteiger partial charge >= 0.3 is 6.18 Å². The van der Waals surface area contributed by atoms with E-state index in [1.165, 1.54) is 17.0 Å². The standard InChI is InChI=1S/C18H14ClF3N2O2/c19-13-4-2-6-15(9-13)24-10-11(7-16(24)25)17(26)23-14-5-1-3-12(8-14)18(20,21)22/h1-6,8-9,11H,7,10H2,(H,23,26)/t11-/m0/s1. The molecule has 2 aromatic carbocycles. The monoisotopic (exact) mass is 382 g/mol. The van der Waals surface area contributed by atoms with Gasteiger partial charge in [0.2, 0.25) is 11.8 Å². The Kier molecular flexibility index (Phi) is 4.91. The minimum absolute atomic E-state index is 0.0166. The lowest BCUT2D eigenvalue weighted by Crippen LogP contribution is -2.28. The summed E-state index contributed by atoms with van der Waals surface area (Å²) in [7, 11) is 0. The maximum absolute atomic E-state index is 12.8. The first-order valence-electron chi connectivity index (χ1n) is 7.78. The zero-order valence-electron chi connectivity index (χ0n) is 13.4. The second kappa shape index (κ2) is 6.99. The van der Waals surface area contributed by atoms with Crippen LogP contribution in [0.2, 0.25) is 5.02 Å². The minimum atomic E-state index is -4.49. The molecule has 1 aliphatic heterocycles. The van der Waals surface area contributed by atoms with E-state index in [0.29, 0.717) is 10.7 Å². The second-order valence-electron chi connectivity index (χ2n) is 5.95. The van der Waals surface area contributed by atoms with Crippen LogP contribution in [0, 0.1) is 5.92 Å². The van der Waals surface area contributed by atoms with Gasteiger partial charge in [-0.2, -0.15) is 13.2 Å². The number of carbonyl (C=O) groups is 2. The molecule has 0 spiro atoms. The molecule has 3 rings (SSSR count). The highest BCUT2D eigenvalue weighted by Gasteiger charge is 2.35. The van der Waals surface area contributed by atoms with Crippen LogP contribution in [-0.4, -0.2) is 18.4 Å². The van der Waals surface area contributed by atoms with Crippen LogP contribution in [0.15, 0.2) is 48.5 Å². The van der Waals surface area contributed by atoms with Gasteiger partial charge in [0, 0.05) is 29.4 Å². The van der Waals surface area contributed by atoms with Gasteiger partial charge in [-0.3, -0.25) is 9.59 Å². The topological polar surface area (TPSA) is 49.4 Å². The van der Waals surface area contributed by atoms with Crippen molar-refractivity contribution < 1.29 is 22.8 Å². The number of alkyl halides is 3. The number of halogens is 4. The summed E-state index contributed by atoms with van der Waals surface area (Å²) in [5.74, 6) is -1.39. The third kappa shape index (κ3) is 3.99. The summed E-state index contributed by atoms with van der Waals surface area (Å²) >= 11 is 5.92. The largest absolute Gasteiger partial charge is 0.416 e. The van der Waals surface area contributed by atoms with Crippen molar-refractivity contribution in [1.29, 1.82) is 0 Å². The number of carbonyl (C=O) groups excluding carboxylic acids is 2. The van der Waals surface area contributed by atoms with Crippen molar-refractivity contribution in [3.05, 3.63) is 59.1 Å². The Morgan fingerprint density at radius 2 is 1.88 bits per heavy atom. The van der Waals surface area contributed by atoms with E-state index in [9.17, 15) is 22.8 Å². The molecule has 1 heterocycles. The van der Waals surface area contributed by atoms with Crippen molar-refractivity contribution >= 4 is 34.8 Å². The van der Waals surface area contributed by atoms with Gasteiger partial charge in [0.1, 0.15) is 0 Å². The van der Waals surface area contributed by atoms with Crippen LogP contribution in [-0.2, 0) is 15.8 Å². The number of benzene rings is 2. The molecule has 1 N–H and O–H groups in total. The first-order valence-corrected chi connectivity index (χ1v) is 8.16. The average molecular weight is 383 g/mol. The molecule has 8 heteroatoms. The van der Waals surface area contributed by atoms with Crippen LogP contribution < -0.4 is 10.2 Å². The molecule has 0 radical (unpaired) electrons. The van der Waals surface area contributed by atoms with Gasteiger partial charge < -0.3 is 10.2 Å². The summed E-state index contributed by atoms with van der Waals surface area (Å²) in [5.41, 5.74) is -0.228. The summed E-state index contributed by atoms with van der Waals surface area (Å²) < 4.78 is 38.3. The van der Waals surface area contributed by atoms with E-state index in [0.717, 1.165) is 12.1 Å². The SMILES string of the molecule is O=C(Nc1cccc(C(F)(F)F)c1)[C@H]1CC(=O)N(c2cccc(Cl)c2)C1. The maximum atomic E-state index is 12.8. The molecule has 1 atom stereocenters. The van der Waals surface area contributed by atoms with Gasteiger partial charge in [-0.05, 0) is 36.4 Å². The molecule has 0 aliphatic carbocycles. The van der Waals surface area contributed by atoms with Crippen molar-refractivity contribution in [3.8, 4) is 0 Å². The Labute approximate surface area is 152 Å². The molecule has 4 nitrogen and oxygen atoms in total. The van der Waals surface area contributed by atoms with Crippen LogP contribution in [0.5, 0.6) is 0 Å². The first kappa shape index (κ1) is 18.3. The Morgan fingerprint density at radius 3 is 2.58 bits per heavy atom. The number of nitrogens with one attached hydrogen (secondary N) is 1. The second-order valence-corrected chi connectivity index (χ2v) is 6.39. The molecular weight excluding hydrogens is 369 g/mol. The van der Waals surface area contributed by atoms with Crippen molar-refractivity contribution in [2.24, 2.45) is 5.92 Å². The summed E-state index contributed by atoms with van der Waals surface area (Å²) in [4.78, 5) is 26.0. The number of rotatable bonds is 3. The van der Waals surface area contributed by atoms with Gasteiger partial charge in [0.05, 0.1) is 11.5 Å². The van der Waals surface area contributed by atoms with Gasteiger partial charge in [-0.15, -0.1) is 0 Å². The van der Waals surface area contributed by atoms with Crippen LogP contribution in [0.25, 0.3) is 0 Å². The van der Waals surface area contributed by atoms with Crippen molar-refractivity contribution in [3.63, 3.8) is 0 Å². The minimum Gasteiger partial charge on any atom is -0.326 e. The molecule has 0 unspecified atom stereocenters. The quantitative estimate of drug-likeness (QED) is 0.858. The molecule has 1 fully saturated rings. The van der Waals surface area contributed by atoms with Gasteiger partial charge in [0.25, 0.3) is 0 Å². The Balaban J connectivity index is 1.71. The summed E-state index contributed by atoms with van der Waals surface area (Å²) in [6.45, 7) is 0.143. The van der Waals surface area contributed by atoms with Crippen LogP contribution >= 0.6 is 11.6 Å². The molecule has 1 saturated heterocycles. The third-order valence-corrected chi connectivity index (χ3v) is 4.31. The molecule has 2 amide bonds. The third-order valence-electron chi connectivity index (χ3n) is 4.07. The molecule has 0 saturated carbocycles. The lowest BCUT2D eigenvalue weighted by atomic mass is 10.1. The first-order chi connectivity index (χ1) is 12.2. The molecule has 1 aliphatic rings. The summed E-state index contributed by atoms with van der Waals surface area (Å²) in [5, 5.41) is 2.92. The number of anilines is 2. The van der Waals surface area contributed by atoms with E-state index in [2.05, 4.69) is 5.32 Å². The highest BCUT2D eigenvalue weighted by atomic mass is 35.5. The lowest BCUT2D eigenvalue weighted by molar-refractivity contribution is -0.137. The van der Waals surface area contributed by atoms with E-state index in [4.69, 9.17) is 11.6 Å². The highest BCUT2D eigenvalue weighted by molar-refractivity contribution is 6.31. The van der Waals surface area contributed by atoms with Crippen LogP contribution in [0.1, 0.15) is 12.0 Å². The predicted octanol–water partition coefficient (Wildman–Crippen LogP) is 4.35. The van der Waals surface area contributed by atoms with Gasteiger partial charge in [-0.25, -0.2) is 0 Å². The molecule has 26 heavy (non-hydrogen) atoms. The van der Waals surface area contributed by atoms with Crippen LogP contribution in [0.4, 0.5) is 24.5 Å². The summed E-state index contributed by atoms with van der Waals surface area (Å²) in [6.07, 6.45) is -4.51. The Hall–Kier alpha value is -2.54. The lowest BCUT2D eigenvalue weighted by Gasteiger charge is -2.17. The molecule has 0 bridgehead atoms. The average Bonchev–Trinajstić information content (AvgIpc) is 2.96. The van der Waals surface area contributed by atoms with Crippen molar-refractivity contribution in [2.45, 2.75) is 12.6 Å². The molecular formula is C18H14ClF3N2O2. The Bertz CT molecular complexity index is 854. The normalized spacial score (nSPS) is 17.5. The smallest absolute Gasteiger partial charge is 0.326 e. The fraction of sp³-hybridized carbons (Fsp3) is 0.222. The number of hydrogen-bond acceptors (Lipinski definition) is 2. The van der Waals surface area contributed by atoms with E-state index < -0.39 is 23.6 Å². The van der Waals surface area contributed by atoms with Crippen molar-refractivity contribution in [2.75, 3.05) is 16.8 Å². The number of amides is 2. The van der Waals surface area contributed by atoms with E-state index in [1.807, 2.05) is 0 Å². The van der Waals surface area contributed by atoms with Crippen molar-refractivity contribution in [1.82, 2.24) is 0 Å². The zero-order chi connectivity index (χ0) is 18.9. The number of nitrogens with zero attached hydrogens (tertiary/aromatic N) is 1. The van der Waals surface area contributed by atoms with E-state index in [-0.39, 0.29) is 24.6 Å². The molecule has 0 aromatic heterocycles. The highest BCUT2D eigenvalue weighted by Crippen LogP contribution is 2.31. The van der Waals surface area contributed by atoms with Gasteiger partial charge in [-0.1, -0.05) is 23.7 Å². The predicted molar refractivity (Wildman–Crippen MR) is 92.0 cm³/mol. The van der Waals surface area contributed by atoms with E-state index in [1.54, 1.807) is 24.3 Å². The molecule has 2 aromatic rings. The fourth-order valence-electron chi connectivity index (χ4n) is 2.79.